The van der Waals surface area contributed by atoms with Gasteiger partial charge in [-0.2, -0.15) is 0 Å². The van der Waals surface area contributed by atoms with E-state index in [2.05, 4.69) is 14.9 Å². The van der Waals surface area contributed by atoms with Crippen LogP contribution < -0.4 is 10.1 Å². The minimum atomic E-state index is -1.32. The summed E-state index contributed by atoms with van der Waals surface area (Å²) in [7, 11) is 0. The molecule has 7 heteroatoms. The van der Waals surface area contributed by atoms with E-state index in [4.69, 9.17) is 14.8 Å². The number of anilines is 1. The lowest BCUT2D eigenvalue weighted by molar-refractivity contribution is 0.144. The van der Waals surface area contributed by atoms with Gasteiger partial charge in [-0.3, -0.25) is 4.98 Å². The molecule has 7 nitrogen and oxygen atoms in total. The van der Waals surface area contributed by atoms with Crippen molar-refractivity contribution in [2.75, 3.05) is 5.32 Å². The third-order valence-electron chi connectivity index (χ3n) is 5.23. The predicted octanol–water partition coefficient (Wildman–Crippen LogP) is 5.00. The van der Waals surface area contributed by atoms with Crippen molar-refractivity contribution in [3.8, 4) is 5.75 Å². The monoisotopic (exact) mass is 380 g/mol. The first-order valence-electron chi connectivity index (χ1n) is 9.76. The molecule has 2 N–H and O–H groups in total. The number of carbonyl (C=O) groups is 1. The summed E-state index contributed by atoms with van der Waals surface area (Å²) >= 11 is 0. The smallest absolute Gasteiger partial charge is 0.449 e. The van der Waals surface area contributed by atoms with Crippen LogP contribution in [-0.2, 0) is 6.54 Å². The van der Waals surface area contributed by atoms with Crippen LogP contribution >= 0.6 is 0 Å². The highest BCUT2D eigenvalue weighted by Crippen LogP contribution is 2.34. The van der Waals surface area contributed by atoms with Crippen LogP contribution in [0.2, 0.25) is 0 Å². The van der Waals surface area contributed by atoms with Gasteiger partial charge in [0.25, 0.3) is 0 Å². The number of fused-ring (bicyclic) bond motifs is 1. The van der Waals surface area contributed by atoms with Gasteiger partial charge in [0.2, 0.25) is 5.95 Å². The van der Waals surface area contributed by atoms with Crippen LogP contribution in [0.5, 0.6) is 5.75 Å². The number of rotatable bonds is 5. The van der Waals surface area contributed by atoms with Crippen molar-refractivity contribution in [2.24, 2.45) is 0 Å². The molecule has 0 radical (unpaired) electrons. The van der Waals surface area contributed by atoms with Crippen LogP contribution in [0.4, 0.5) is 10.7 Å². The SMILES string of the molecule is O=C(O)Oc1ccc2c(c1)nc(NCc1cccnc1)n2C1CCCCCC1. The molecule has 0 saturated heterocycles. The average Bonchev–Trinajstić information content (AvgIpc) is 2.85. The van der Waals surface area contributed by atoms with Gasteiger partial charge in [0.1, 0.15) is 5.75 Å². The molecule has 3 aromatic rings. The number of nitrogens with one attached hydrogen (secondary N) is 1. The summed E-state index contributed by atoms with van der Waals surface area (Å²) < 4.78 is 7.08. The number of hydrogen-bond acceptors (Lipinski definition) is 5. The van der Waals surface area contributed by atoms with Crippen molar-refractivity contribution in [1.29, 1.82) is 0 Å². The van der Waals surface area contributed by atoms with E-state index in [9.17, 15) is 4.79 Å². The number of imidazole rings is 1. The van der Waals surface area contributed by atoms with E-state index in [-0.39, 0.29) is 5.75 Å². The topological polar surface area (TPSA) is 89.3 Å². The Labute approximate surface area is 163 Å². The summed E-state index contributed by atoms with van der Waals surface area (Å²) in [5.74, 6) is 1.09. The zero-order valence-corrected chi connectivity index (χ0v) is 15.7. The largest absolute Gasteiger partial charge is 0.511 e. The summed E-state index contributed by atoms with van der Waals surface area (Å²) in [5.41, 5.74) is 2.81. The molecule has 0 bridgehead atoms. The second kappa shape index (κ2) is 8.29. The number of carboxylic acid groups (broad SMARTS) is 1. The van der Waals surface area contributed by atoms with Crippen LogP contribution in [0, 0.1) is 0 Å². The van der Waals surface area contributed by atoms with Crippen molar-refractivity contribution >= 4 is 23.1 Å². The second-order valence-electron chi connectivity index (χ2n) is 7.18. The van der Waals surface area contributed by atoms with Gasteiger partial charge in [-0.1, -0.05) is 31.7 Å². The molecule has 0 aliphatic heterocycles. The quantitative estimate of drug-likeness (QED) is 0.368. The van der Waals surface area contributed by atoms with Gasteiger partial charge in [0.05, 0.1) is 11.0 Å². The van der Waals surface area contributed by atoms with Gasteiger partial charge in [-0.05, 0) is 36.6 Å². The van der Waals surface area contributed by atoms with Crippen molar-refractivity contribution in [1.82, 2.24) is 14.5 Å². The number of benzene rings is 1. The normalized spacial score (nSPS) is 15.3. The molecule has 2 aromatic heterocycles. The molecular formula is C21H24N4O3. The van der Waals surface area contributed by atoms with Crippen molar-refractivity contribution in [3.63, 3.8) is 0 Å². The predicted molar refractivity (Wildman–Crippen MR) is 107 cm³/mol. The maximum atomic E-state index is 10.9. The lowest BCUT2D eigenvalue weighted by Crippen LogP contribution is -2.13. The molecule has 1 aromatic carbocycles. The first-order valence-corrected chi connectivity index (χ1v) is 9.76. The minimum Gasteiger partial charge on any atom is -0.449 e. The lowest BCUT2D eigenvalue weighted by Gasteiger charge is -2.20. The summed E-state index contributed by atoms with van der Waals surface area (Å²) in [4.78, 5) is 19.8. The third-order valence-corrected chi connectivity index (χ3v) is 5.23. The van der Waals surface area contributed by atoms with Crippen LogP contribution in [-0.4, -0.2) is 25.8 Å². The van der Waals surface area contributed by atoms with Gasteiger partial charge < -0.3 is 19.7 Å². The fourth-order valence-corrected chi connectivity index (χ4v) is 3.94. The van der Waals surface area contributed by atoms with E-state index in [0.717, 1.165) is 35.4 Å². The van der Waals surface area contributed by atoms with E-state index >= 15 is 0 Å². The number of pyridine rings is 1. The zero-order chi connectivity index (χ0) is 19.3. The Morgan fingerprint density at radius 1 is 1.21 bits per heavy atom. The maximum Gasteiger partial charge on any atom is 0.511 e. The lowest BCUT2D eigenvalue weighted by atomic mass is 10.1. The Hall–Kier alpha value is -3.09. The van der Waals surface area contributed by atoms with Gasteiger partial charge >= 0.3 is 6.16 Å². The summed E-state index contributed by atoms with van der Waals surface area (Å²) in [6.07, 6.45) is 9.51. The molecule has 0 unspecified atom stereocenters. The summed E-state index contributed by atoms with van der Waals surface area (Å²) in [6.45, 7) is 0.627. The van der Waals surface area contributed by atoms with Gasteiger partial charge in [0, 0.05) is 31.0 Å². The number of hydrogen-bond donors (Lipinski definition) is 2. The van der Waals surface area contributed by atoms with E-state index in [0.29, 0.717) is 12.6 Å². The summed E-state index contributed by atoms with van der Waals surface area (Å²) in [6, 6.07) is 9.61. The van der Waals surface area contributed by atoms with Crippen LogP contribution in [0.15, 0.2) is 42.7 Å². The summed E-state index contributed by atoms with van der Waals surface area (Å²) in [5, 5.41) is 12.3. The van der Waals surface area contributed by atoms with E-state index in [1.54, 1.807) is 18.3 Å². The number of nitrogens with zero attached hydrogens (tertiary/aromatic N) is 3. The molecule has 1 fully saturated rings. The Bertz CT molecular complexity index is 947. The Morgan fingerprint density at radius 3 is 2.75 bits per heavy atom. The Kier molecular flexibility index (Phi) is 5.41. The Morgan fingerprint density at radius 2 is 2.04 bits per heavy atom. The molecule has 1 saturated carbocycles. The van der Waals surface area contributed by atoms with E-state index < -0.39 is 6.16 Å². The highest BCUT2D eigenvalue weighted by molar-refractivity contribution is 5.81. The zero-order valence-electron chi connectivity index (χ0n) is 15.7. The van der Waals surface area contributed by atoms with Gasteiger partial charge in [-0.25, -0.2) is 9.78 Å². The second-order valence-corrected chi connectivity index (χ2v) is 7.18. The number of ether oxygens (including phenoxy) is 1. The molecule has 2 heterocycles. The van der Waals surface area contributed by atoms with Crippen LogP contribution in [0.25, 0.3) is 11.0 Å². The van der Waals surface area contributed by atoms with E-state index in [1.807, 2.05) is 24.4 Å². The molecule has 1 aliphatic carbocycles. The molecule has 0 spiro atoms. The van der Waals surface area contributed by atoms with Gasteiger partial charge in [-0.15, -0.1) is 0 Å². The standard InChI is InChI=1S/C21H24N4O3/c26-21(27)28-17-9-10-19-18(12-17)24-20(23-14-15-6-5-11-22-13-15)25(19)16-7-3-1-2-4-8-16/h5-6,9-13,16H,1-4,7-8,14H2,(H,23,24)(H,26,27). The third kappa shape index (κ3) is 4.08. The van der Waals surface area contributed by atoms with Crippen molar-refractivity contribution in [3.05, 3.63) is 48.3 Å². The van der Waals surface area contributed by atoms with Gasteiger partial charge in [0.15, 0.2) is 0 Å². The van der Waals surface area contributed by atoms with Crippen molar-refractivity contribution < 1.29 is 14.6 Å². The first-order chi connectivity index (χ1) is 13.7. The van der Waals surface area contributed by atoms with Crippen LogP contribution in [0.1, 0.15) is 50.1 Å². The average molecular weight is 380 g/mol. The maximum absolute atomic E-state index is 10.9. The van der Waals surface area contributed by atoms with Crippen LogP contribution in [0.3, 0.4) is 0 Å². The molecule has 0 amide bonds. The molecule has 4 rings (SSSR count). The molecule has 0 atom stereocenters. The highest BCUT2D eigenvalue weighted by atomic mass is 16.7. The molecular weight excluding hydrogens is 356 g/mol. The molecule has 1 aliphatic rings. The van der Waals surface area contributed by atoms with E-state index in [1.165, 1.54) is 25.7 Å². The molecule has 28 heavy (non-hydrogen) atoms. The highest BCUT2D eigenvalue weighted by Gasteiger charge is 2.21. The first kappa shape index (κ1) is 18.3. The molecule has 146 valence electrons. The van der Waals surface area contributed by atoms with Crippen molar-refractivity contribution in [2.45, 2.75) is 51.1 Å². The Balaban J connectivity index is 1.69. The fourth-order valence-electron chi connectivity index (χ4n) is 3.94. The minimum absolute atomic E-state index is 0.282. The fraction of sp³-hybridized carbons (Fsp3) is 0.381. The number of aromatic nitrogens is 3.